The molecule has 26 heavy (non-hydrogen) atoms. The van der Waals surface area contributed by atoms with Gasteiger partial charge in [-0.05, 0) is 13.3 Å². The zero-order valence-corrected chi connectivity index (χ0v) is 15.7. The van der Waals surface area contributed by atoms with E-state index in [1.807, 2.05) is 12.1 Å². The minimum Gasteiger partial charge on any atom is -0.439 e. The lowest BCUT2D eigenvalue weighted by Crippen LogP contribution is -2.37. The number of methoxy groups -OCH3 is 1. The van der Waals surface area contributed by atoms with Crippen LogP contribution < -0.4 is 10.6 Å². The smallest absolute Gasteiger partial charge is 0.214 e. The molecule has 0 radical (unpaired) electrons. The van der Waals surface area contributed by atoms with E-state index in [1.54, 1.807) is 20.4 Å². The molecular weight excluding hydrogens is 332 g/mol. The number of nitrogens with one attached hydrogen (secondary N) is 2. The van der Waals surface area contributed by atoms with Crippen molar-refractivity contribution in [3.63, 3.8) is 0 Å². The highest BCUT2D eigenvalue weighted by atomic mass is 16.5. The standard InChI is InChI=1S/C19H28N4O3/c1-15-5-7-16(8-6-15)17-13-22-18(26-17)14-23-19(20-2)21-9-4-10-25-12-11-24-3/h5-8,13H,4,9-12,14H2,1-3H3,(H2,20,21,23). The van der Waals surface area contributed by atoms with Crippen molar-refractivity contribution in [1.29, 1.82) is 0 Å². The van der Waals surface area contributed by atoms with E-state index in [9.17, 15) is 0 Å². The van der Waals surface area contributed by atoms with Gasteiger partial charge in [-0.25, -0.2) is 4.98 Å². The highest BCUT2D eigenvalue weighted by Gasteiger charge is 2.07. The Kier molecular flexibility index (Phi) is 8.65. The molecule has 0 fully saturated rings. The highest BCUT2D eigenvalue weighted by Crippen LogP contribution is 2.20. The fourth-order valence-corrected chi connectivity index (χ4v) is 2.25. The average molecular weight is 360 g/mol. The number of rotatable bonds is 10. The fraction of sp³-hybridized carbons (Fsp3) is 0.474. The third kappa shape index (κ3) is 6.85. The summed E-state index contributed by atoms with van der Waals surface area (Å²) < 4.78 is 16.1. The van der Waals surface area contributed by atoms with Crippen LogP contribution in [-0.2, 0) is 16.0 Å². The molecule has 142 valence electrons. The van der Waals surface area contributed by atoms with Crippen LogP contribution in [0.25, 0.3) is 11.3 Å². The van der Waals surface area contributed by atoms with E-state index in [1.165, 1.54) is 5.56 Å². The topological polar surface area (TPSA) is 80.9 Å². The van der Waals surface area contributed by atoms with Crippen LogP contribution in [0.2, 0.25) is 0 Å². The minimum absolute atomic E-state index is 0.468. The molecule has 0 saturated carbocycles. The molecule has 0 aliphatic carbocycles. The van der Waals surface area contributed by atoms with E-state index >= 15 is 0 Å². The molecule has 1 aromatic carbocycles. The molecule has 0 amide bonds. The number of oxazole rings is 1. The molecule has 1 heterocycles. The van der Waals surface area contributed by atoms with Crippen LogP contribution >= 0.6 is 0 Å². The van der Waals surface area contributed by atoms with Gasteiger partial charge in [0, 0.05) is 32.9 Å². The van der Waals surface area contributed by atoms with Crippen molar-refractivity contribution < 1.29 is 13.9 Å². The van der Waals surface area contributed by atoms with Gasteiger partial charge in [0.1, 0.15) is 0 Å². The highest BCUT2D eigenvalue weighted by molar-refractivity contribution is 5.79. The van der Waals surface area contributed by atoms with Gasteiger partial charge in [0.25, 0.3) is 0 Å². The van der Waals surface area contributed by atoms with E-state index in [2.05, 4.69) is 39.7 Å². The second kappa shape index (κ2) is 11.3. The van der Waals surface area contributed by atoms with Crippen LogP contribution in [0.15, 0.2) is 39.9 Å². The number of nitrogens with zero attached hydrogens (tertiary/aromatic N) is 2. The first-order chi connectivity index (χ1) is 12.7. The SMILES string of the molecule is CN=C(NCCCOCCOC)NCc1ncc(-c2ccc(C)cc2)o1. The Morgan fingerprint density at radius 2 is 1.96 bits per heavy atom. The normalized spacial score (nSPS) is 11.6. The monoisotopic (exact) mass is 360 g/mol. The molecule has 2 aromatic rings. The molecule has 7 heteroatoms. The molecule has 0 spiro atoms. The van der Waals surface area contributed by atoms with Gasteiger partial charge in [0.05, 0.1) is 26.0 Å². The molecule has 0 unspecified atom stereocenters. The van der Waals surface area contributed by atoms with E-state index < -0.39 is 0 Å². The maximum absolute atomic E-state index is 5.80. The molecule has 0 aliphatic heterocycles. The Morgan fingerprint density at radius 1 is 1.15 bits per heavy atom. The molecule has 7 nitrogen and oxygen atoms in total. The summed E-state index contributed by atoms with van der Waals surface area (Å²) in [5.74, 6) is 2.08. The van der Waals surface area contributed by atoms with Gasteiger partial charge in [-0.1, -0.05) is 29.8 Å². The molecule has 0 saturated heterocycles. The zero-order chi connectivity index (χ0) is 18.6. The largest absolute Gasteiger partial charge is 0.439 e. The third-order valence-corrected chi connectivity index (χ3v) is 3.71. The van der Waals surface area contributed by atoms with E-state index in [0.717, 1.165) is 24.3 Å². The summed E-state index contributed by atoms with van der Waals surface area (Å²) in [6, 6.07) is 8.17. The van der Waals surface area contributed by atoms with E-state index in [-0.39, 0.29) is 0 Å². The number of aromatic nitrogens is 1. The lowest BCUT2D eigenvalue weighted by Gasteiger charge is -2.10. The van der Waals surface area contributed by atoms with Gasteiger partial charge in [-0.2, -0.15) is 0 Å². The average Bonchev–Trinajstić information content (AvgIpc) is 3.13. The van der Waals surface area contributed by atoms with E-state index in [4.69, 9.17) is 13.9 Å². The van der Waals surface area contributed by atoms with Crippen molar-refractivity contribution in [2.24, 2.45) is 4.99 Å². The molecule has 1 aromatic heterocycles. The molecule has 0 bridgehead atoms. The maximum Gasteiger partial charge on any atom is 0.214 e. The van der Waals surface area contributed by atoms with Gasteiger partial charge in [0.15, 0.2) is 11.7 Å². The summed E-state index contributed by atoms with van der Waals surface area (Å²) in [6.45, 7) is 5.23. The molecule has 0 atom stereocenters. The van der Waals surface area contributed by atoms with Crippen molar-refractivity contribution in [2.75, 3.05) is 40.5 Å². The van der Waals surface area contributed by atoms with Crippen LogP contribution in [0.5, 0.6) is 0 Å². The van der Waals surface area contributed by atoms with Gasteiger partial charge >= 0.3 is 0 Å². The van der Waals surface area contributed by atoms with E-state index in [0.29, 0.717) is 38.2 Å². The molecule has 2 rings (SSSR count). The third-order valence-electron chi connectivity index (χ3n) is 3.71. The van der Waals surface area contributed by atoms with Crippen LogP contribution in [0, 0.1) is 6.92 Å². The number of hydrogen-bond acceptors (Lipinski definition) is 5. The fourth-order valence-electron chi connectivity index (χ4n) is 2.25. The predicted octanol–water partition coefficient (Wildman–Crippen LogP) is 2.37. The van der Waals surface area contributed by atoms with Gasteiger partial charge in [-0.3, -0.25) is 4.99 Å². The number of aliphatic imine (C=N–C) groups is 1. The Hall–Kier alpha value is -2.38. The lowest BCUT2D eigenvalue weighted by molar-refractivity contribution is 0.0698. The number of benzene rings is 1. The van der Waals surface area contributed by atoms with Crippen molar-refractivity contribution in [3.8, 4) is 11.3 Å². The number of guanidine groups is 1. The molecular formula is C19H28N4O3. The zero-order valence-electron chi connectivity index (χ0n) is 15.7. The Morgan fingerprint density at radius 3 is 2.69 bits per heavy atom. The van der Waals surface area contributed by atoms with Gasteiger partial charge < -0.3 is 24.5 Å². The van der Waals surface area contributed by atoms with Gasteiger partial charge in [-0.15, -0.1) is 0 Å². The van der Waals surface area contributed by atoms with Crippen molar-refractivity contribution in [1.82, 2.24) is 15.6 Å². The summed E-state index contributed by atoms with van der Waals surface area (Å²) in [4.78, 5) is 8.50. The first kappa shape index (κ1) is 19.9. The summed E-state index contributed by atoms with van der Waals surface area (Å²) in [7, 11) is 3.40. The summed E-state index contributed by atoms with van der Waals surface area (Å²) in [5.41, 5.74) is 2.24. The van der Waals surface area contributed by atoms with Crippen LogP contribution in [0.3, 0.4) is 0 Å². The first-order valence-electron chi connectivity index (χ1n) is 8.76. The molecule has 2 N–H and O–H groups in total. The predicted molar refractivity (Wildman–Crippen MR) is 102 cm³/mol. The number of aryl methyl sites for hydroxylation is 1. The first-order valence-corrected chi connectivity index (χ1v) is 8.76. The summed E-state index contributed by atoms with van der Waals surface area (Å²) in [6.07, 6.45) is 2.64. The molecule has 0 aliphatic rings. The Bertz CT molecular complexity index is 668. The van der Waals surface area contributed by atoms with Crippen molar-refractivity contribution in [3.05, 3.63) is 41.9 Å². The second-order valence-corrected chi connectivity index (χ2v) is 5.80. The van der Waals surface area contributed by atoms with Crippen LogP contribution in [-0.4, -0.2) is 51.5 Å². The minimum atomic E-state index is 0.468. The number of ether oxygens (including phenoxy) is 2. The maximum atomic E-state index is 5.80. The van der Waals surface area contributed by atoms with Crippen molar-refractivity contribution in [2.45, 2.75) is 19.9 Å². The number of hydrogen-bond donors (Lipinski definition) is 2. The second-order valence-electron chi connectivity index (χ2n) is 5.80. The lowest BCUT2D eigenvalue weighted by atomic mass is 10.1. The Labute approximate surface area is 154 Å². The van der Waals surface area contributed by atoms with Crippen LogP contribution in [0.4, 0.5) is 0 Å². The van der Waals surface area contributed by atoms with Gasteiger partial charge in [0.2, 0.25) is 5.89 Å². The van der Waals surface area contributed by atoms with Crippen molar-refractivity contribution >= 4 is 5.96 Å². The summed E-state index contributed by atoms with van der Waals surface area (Å²) in [5, 5.41) is 6.43. The summed E-state index contributed by atoms with van der Waals surface area (Å²) >= 11 is 0. The van der Waals surface area contributed by atoms with Crippen LogP contribution in [0.1, 0.15) is 17.9 Å². The Balaban J connectivity index is 1.71. The quantitative estimate of drug-likeness (QED) is 0.385.